The van der Waals surface area contributed by atoms with Crippen molar-refractivity contribution in [2.75, 3.05) is 13.1 Å². The van der Waals surface area contributed by atoms with Crippen LogP contribution in [0.1, 0.15) is 59.5 Å². The number of nitriles is 1. The molecule has 0 aromatic heterocycles. The second kappa shape index (κ2) is 10.2. The van der Waals surface area contributed by atoms with E-state index in [2.05, 4.69) is 73.5 Å². The summed E-state index contributed by atoms with van der Waals surface area (Å²) in [7, 11) is 0. The Morgan fingerprint density at radius 1 is 1.21 bits per heavy atom. The van der Waals surface area contributed by atoms with E-state index in [1.54, 1.807) is 0 Å². The minimum atomic E-state index is 0.474. The Bertz CT molecular complexity index is 903. The van der Waals surface area contributed by atoms with E-state index in [4.69, 9.17) is 5.26 Å². The van der Waals surface area contributed by atoms with Gasteiger partial charge < -0.3 is 0 Å². The molecule has 0 spiro atoms. The quantitative estimate of drug-likeness (QED) is 0.268. The molecule has 1 atom stereocenters. The second-order valence-electron chi connectivity index (χ2n) is 8.06. The van der Waals surface area contributed by atoms with Gasteiger partial charge in [-0.1, -0.05) is 55.1 Å². The third-order valence-electron chi connectivity index (χ3n) is 6.15. The van der Waals surface area contributed by atoms with E-state index in [1.165, 1.54) is 35.1 Å². The Kier molecular flexibility index (Phi) is 7.44. The van der Waals surface area contributed by atoms with Crippen LogP contribution >= 0.6 is 0 Å². The predicted octanol–water partition coefficient (Wildman–Crippen LogP) is 6.42. The van der Waals surface area contributed by atoms with Crippen LogP contribution in [0.3, 0.4) is 0 Å². The Hall–Kier alpha value is -2.63. The number of allylic oxidation sites excluding steroid dienone is 2. The average molecular weight is 385 g/mol. The summed E-state index contributed by atoms with van der Waals surface area (Å²) >= 11 is 0. The highest BCUT2D eigenvalue weighted by molar-refractivity contribution is 5.75. The fraction of sp³-hybridized carbons (Fsp3) is 0.370. The number of rotatable bonds is 10. The summed E-state index contributed by atoms with van der Waals surface area (Å²) in [6.45, 7) is 12.1. The molecule has 2 aromatic carbocycles. The smallest absolute Gasteiger partial charge is 0.0991 e. The van der Waals surface area contributed by atoms with E-state index in [0.717, 1.165) is 44.3 Å². The topological polar surface area (TPSA) is 27.0 Å². The molecule has 0 N–H and O–H groups in total. The molecule has 0 fully saturated rings. The number of unbranched alkanes of at least 4 members (excludes halogenated alkanes) is 2. The van der Waals surface area contributed by atoms with Gasteiger partial charge in [0.2, 0.25) is 0 Å². The van der Waals surface area contributed by atoms with Gasteiger partial charge in [0, 0.05) is 12.6 Å². The number of hydrogen-bond donors (Lipinski definition) is 0. The zero-order valence-electron chi connectivity index (χ0n) is 17.7. The summed E-state index contributed by atoms with van der Waals surface area (Å²) in [5.41, 5.74) is 7.17. The summed E-state index contributed by atoms with van der Waals surface area (Å²) in [6, 6.07) is 17.9. The van der Waals surface area contributed by atoms with Crippen LogP contribution < -0.4 is 0 Å². The van der Waals surface area contributed by atoms with Gasteiger partial charge in [-0.3, -0.25) is 4.90 Å². The van der Waals surface area contributed by atoms with Crippen molar-refractivity contribution in [1.29, 1.82) is 5.26 Å². The molecule has 0 saturated carbocycles. The minimum Gasteiger partial charge on any atom is -0.296 e. The van der Waals surface area contributed by atoms with Crippen LogP contribution in [-0.2, 0) is 12.8 Å². The molecule has 150 valence electrons. The van der Waals surface area contributed by atoms with Crippen molar-refractivity contribution in [2.45, 2.75) is 51.5 Å². The Balaban J connectivity index is 1.76. The molecular formula is C27H32N2. The minimum absolute atomic E-state index is 0.474. The maximum Gasteiger partial charge on any atom is 0.0991 e. The van der Waals surface area contributed by atoms with E-state index >= 15 is 0 Å². The van der Waals surface area contributed by atoms with Gasteiger partial charge in [-0.25, -0.2) is 0 Å². The fourth-order valence-corrected chi connectivity index (χ4v) is 4.41. The molecule has 1 unspecified atom stereocenters. The molecule has 2 heteroatoms. The lowest BCUT2D eigenvalue weighted by molar-refractivity contribution is 0.195. The molecule has 1 aliphatic rings. The summed E-state index contributed by atoms with van der Waals surface area (Å²) < 4.78 is 0. The van der Waals surface area contributed by atoms with Gasteiger partial charge in [-0.2, -0.15) is 5.26 Å². The lowest BCUT2D eigenvalue weighted by Crippen LogP contribution is -2.31. The number of hydrogen-bond acceptors (Lipinski definition) is 2. The van der Waals surface area contributed by atoms with Gasteiger partial charge in [0.25, 0.3) is 0 Å². The first kappa shape index (κ1) is 21.1. The molecule has 1 aliphatic carbocycles. The lowest BCUT2D eigenvalue weighted by Gasteiger charge is -2.30. The average Bonchev–Trinajstić information content (AvgIpc) is 3.17. The van der Waals surface area contributed by atoms with Crippen LogP contribution in [0.5, 0.6) is 0 Å². The maximum absolute atomic E-state index is 9.15. The van der Waals surface area contributed by atoms with Crippen LogP contribution in [0.15, 0.2) is 61.7 Å². The van der Waals surface area contributed by atoms with E-state index in [-0.39, 0.29) is 0 Å². The van der Waals surface area contributed by atoms with Crippen molar-refractivity contribution in [3.63, 3.8) is 0 Å². The van der Waals surface area contributed by atoms with Gasteiger partial charge >= 0.3 is 0 Å². The first-order valence-electron chi connectivity index (χ1n) is 10.8. The third kappa shape index (κ3) is 5.25. The first-order chi connectivity index (χ1) is 14.1. The molecule has 0 aliphatic heterocycles. The van der Waals surface area contributed by atoms with E-state index in [1.807, 2.05) is 6.08 Å². The van der Waals surface area contributed by atoms with Gasteiger partial charge in [-0.05, 0) is 79.8 Å². The zero-order chi connectivity index (χ0) is 20.6. The Morgan fingerprint density at radius 2 is 2.03 bits per heavy atom. The van der Waals surface area contributed by atoms with Crippen LogP contribution in [0.25, 0.3) is 5.57 Å². The highest BCUT2D eigenvalue weighted by atomic mass is 15.2. The standard InChI is InChI=1S/C27H32N2/c1-4-5-6-9-17-29(18-16-23-11-8-7-10-21(23)2)27-15-13-25-19-24(22(3)20-28)12-14-26(25)27/h4,7-8,10-12,14,19,27H,1,3,5-6,9,13,15-18H2,2H3. The summed E-state index contributed by atoms with van der Waals surface area (Å²) in [5, 5.41) is 9.15. The molecule has 0 bridgehead atoms. The molecule has 0 heterocycles. The van der Waals surface area contributed by atoms with Crippen molar-refractivity contribution in [1.82, 2.24) is 4.90 Å². The summed E-state index contributed by atoms with van der Waals surface area (Å²) in [6.07, 6.45) is 8.84. The molecular weight excluding hydrogens is 352 g/mol. The molecule has 2 aromatic rings. The van der Waals surface area contributed by atoms with Gasteiger partial charge in [0.15, 0.2) is 0 Å². The van der Waals surface area contributed by atoms with E-state index in [9.17, 15) is 0 Å². The van der Waals surface area contributed by atoms with Crippen molar-refractivity contribution in [3.05, 3.63) is 89.5 Å². The number of aryl methyl sites for hydroxylation is 2. The SMILES string of the molecule is C=CCCCCN(CCc1ccccc1C)C1CCc2cc(C(=C)C#N)ccc21. The maximum atomic E-state index is 9.15. The molecule has 2 nitrogen and oxygen atoms in total. The largest absolute Gasteiger partial charge is 0.296 e. The third-order valence-corrected chi connectivity index (χ3v) is 6.15. The fourth-order valence-electron chi connectivity index (χ4n) is 4.41. The lowest BCUT2D eigenvalue weighted by atomic mass is 10.00. The van der Waals surface area contributed by atoms with Crippen molar-refractivity contribution in [3.8, 4) is 6.07 Å². The number of nitrogens with zero attached hydrogens (tertiary/aromatic N) is 2. The van der Waals surface area contributed by atoms with Gasteiger partial charge in [0.05, 0.1) is 11.6 Å². The first-order valence-corrected chi connectivity index (χ1v) is 10.8. The molecule has 0 amide bonds. The van der Waals surface area contributed by atoms with Crippen LogP contribution in [0.2, 0.25) is 0 Å². The molecule has 3 rings (SSSR count). The number of benzene rings is 2. The zero-order valence-corrected chi connectivity index (χ0v) is 17.7. The highest BCUT2D eigenvalue weighted by Crippen LogP contribution is 2.37. The predicted molar refractivity (Wildman–Crippen MR) is 123 cm³/mol. The van der Waals surface area contributed by atoms with Crippen LogP contribution in [-0.4, -0.2) is 18.0 Å². The van der Waals surface area contributed by atoms with Gasteiger partial charge in [0.1, 0.15) is 0 Å². The second-order valence-corrected chi connectivity index (χ2v) is 8.06. The monoisotopic (exact) mass is 384 g/mol. The normalized spacial score (nSPS) is 15.1. The molecule has 0 radical (unpaired) electrons. The molecule has 0 saturated heterocycles. The van der Waals surface area contributed by atoms with E-state index < -0.39 is 0 Å². The summed E-state index contributed by atoms with van der Waals surface area (Å²) in [5.74, 6) is 0. The number of fused-ring (bicyclic) bond motifs is 1. The Labute approximate surface area is 176 Å². The van der Waals surface area contributed by atoms with E-state index in [0.29, 0.717) is 11.6 Å². The van der Waals surface area contributed by atoms with Crippen molar-refractivity contribution >= 4 is 5.57 Å². The summed E-state index contributed by atoms with van der Waals surface area (Å²) in [4.78, 5) is 2.68. The highest BCUT2D eigenvalue weighted by Gasteiger charge is 2.28. The molecule has 29 heavy (non-hydrogen) atoms. The van der Waals surface area contributed by atoms with Gasteiger partial charge in [-0.15, -0.1) is 6.58 Å². The van der Waals surface area contributed by atoms with Crippen LogP contribution in [0, 0.1) is 18.3 Å². The van der Waals surface area contributed by atoms with Crippen LogP contribution in [0.4, 0.5) is 0 Å². The Morgan fingerprint density at radius 3 is 2.79 bits per heavy atom. The van der Waals surface area contributed by atoms with Crippen molar-refractivity contribution in [2.24, 2.45) is 0 Å². The van der Waals surface area contributed by atoms with Crippen molar-refractivity contribution < 1.29 is 0 Å².